The summed E-state index contributed by atoms with van der Waals surface area (Å²) in [6.07, 6.45) is 0. The van der Waals surface area contributed by atoms with Crippen molar-refractivity contribution < 1.29 is 23.6 Å². The second-order valence-corrected chi connectivity index (χ2v) is 8.53. The molecule has 0 aliphatic rings. The molecule has 3 rings (SSSR count). The van der Waals surface area contributed by atoms with E-state index in [0.717, 1.165) is 22.0 Å². The molecule has 0 bridgehead atoms. The van der Waals surface area contributed by atoms with Gasteiger partial charge in [0.15, 0.2) is 0 Å². The Kier molecular flexibility index (Phi) is 6.34. The summed E-state index contributed by atoms with van der Waals surface area (Å²) in [6.45, 7) is 9.09. The number of hydrogen-bond donors (Lipinski definition) is 0. The number of likely N-dealkylation sites (N-methyl/N-ethyl adjacent to an activating group) is 1. The summed E-state index contributed by atoms with van der Waals surface area (Å²) in [5, 5.41) is 5.80. The van der Waals surface area contributed by atoms with Crippen LogP contribution in [0, 0.1) is 13.8 Å². The number of hydrogen-bond acceptors (Lipinski definition) is 6. The van der Waals surface area contributed by atoms with E-state index in [1.807, 2.05) is 44.2 Å². The third-order valence-electron chi connectivity index (χ3n) is 4.76. The zero-order chi connectivity index (χ0) is 22.8. The van der Waals surface area contributed by atoms with Gasteiger partial charge in [-0.25, -0.2) is 0 Å². The van der Waals surface area contributed by atoms with E-state index in [1.54, 1.807) is 33.9 Å². The lowest BCUT2D eigenvalue weighted by Gasteiger charge is -2.23. The largest absolute Gasteiger partial charge is 0.488 e. The van der Waals surface area contributed by atoms with Crippen LogP contribution in [0.15, 0.2) is 40.9 Å². The van der Waals surface area contributed by atoms with E-state index in [2.05, 4.69) is 5.16 Å². The molecule has 0 unspecified atom stereocenters. The Labute approximate surface area is 181 Å². The Morgan fingerprint density at radius 2 is 1.74 bits per heavy atom. The van der Waals surface area contributed by atoms with Crippen LogP contribution in [0.25, 0.3) is 10.8 Å². The van der Waals surface area contributed by atoms with Crippen molar-refractivity contribution in [1.82, 2.24) is 10.1 Å². The highest BCUT2D eigenvalue weighted by molar-refractivity contribution is 6.02. The van der Waals surface area contributed by atoms with E-state index < -0.39 is 11.6 Å². The van der Waals surface area contributed by atoms with Gasteiger partial charge in [-0.05, 0) is 57.5 Å². The van der Waals surface area contributed by atoms with Crippen molar-refractivity contribution in [2.45, 2.75) is 46.8 Å². The third kappa shape index (κ3) is 5.42. The molecule has 0 saturated carbocycles. The molecule has 0 N–H and O–H groups in total. The summed E-state index contributed by atoms with van der Waals surface area (Å²) in [4.78, 5) is 26.7. The predicted molar refractivity (Wildman–Crippen MR) is 117 cm³/mol. The van der Waals surface area contributed by atoms with Crippen LogP contribution in [-0.4, -0.2) is 41.1 Å². The van der Waals surface area contributed by atoms with Crippen molar-refractivity contribution in [2.24, 2.45) is 0 Å². The van der Waals surface area contributed by atoms with Gasteiger partial charge in [0.05, 0.1) is 16.8 Å². The quantitative estimate of drug-likeness (QED) is 0.544. The highest BCUT2D eigenvalue weighted by atomic mass is 16.6. The number of ether oxygens (including phenoxy) is 2. The number of amides is 1. The van der Waals surface area contributed by atoms with Gasteiger partial charge in [0.2, 0.25) is 0 Å². The molecule has 1 heterocycles. The fourth-order valence-corrected chi connectivity index (χ4v) is 3.21. The summed E-state index contributed by atoms with van der Waals surface area (Å²) < 4.78 is 16.6. The van der Waals surface area contributed by atoms with Crippen LogP contribution in [0.5, 0.6) is 5.75 Å². The topological polar surface area (TPSA) is 81.9 Å². The predicted octanol–water partition coefficient (Wildman–Crippen LogP) is 4.44. The van der Waals surface area contributed by atoms with Crippen molar-refractivity contribution in [3.63, 3.8) is 0 Å². The normalized spacial score (nSPS) is 11.4. The first-order valence-corrected chi connectivity index (χ1v) is 10.1. The second-order valence-electron chi connectivity index (χ2n) is 8.53. The zero-order valence-electron chi connectivity index (χ0n) is 18.8. The van der Waals surface area contributed by atoms with Crippen LogP contribution < -0.4 is 4.74 Å². The molecule has 3 aromatic rings. The molecular weight excluding hydrogens is 396 g/mol. The minimum atomic E-state index is -0.619. The lowest BCUT2D eigenvalue weighted by Crippen LogP contribution is -2.36. The van der Waals surface area contributed by atoms with E-state index >= 15 is 0 Å². The van der Waals surface area contributed by atoms with Crippen molar-refractivity contribution in [3.8, 4) is 5.75 Å². The SMILES string of the molecule is Cc1noc(C)c1COc1cc2ccccc2cc1C(=O)N(C)CC(=O)OC(C)(C)C. The monoisotopic (exact) mass is 424 g/mol. The first-order valence-electron chi connectivity index (χ1n) is 10.1. The lowest BCUT2D eigenvalue weighted by molar-refractivity contribution is -0.155. The molecule has 0 aliphatic heterocycles. The van der Waals surface area contributed by atoms with E-state index in [0.29, 0.717) is 17.1 Å². The fraction of sp³-hybridized carbons (Fsp3) is 0.375. The highest BCUT2D eigenvalue weighted by Crippen LogP contribution is 2.28. The number of rotatable bonds is 6. The number of carbonyl (C=O) groups excluding carboxylic acids is 2. The van der Waals surface area contributed by atoms with Crippen LogP contribution >= 0.6 is 0 Å². The van der Waals surface area contributed by atoms with Crippen LogP contribution in [0.1, 0.15) is 48.1 Å². The Balaban J connectivity index is 1.89. The van der Waals surface area contributed by atoms with E-state index in [-0.39, 0.29) is 19.1 Å². The molecular formula is C24H28N2O5. The number of benzene rings is 2. The van der Waals surface area contributed by atoms with Crippen LogP contribution in [0.3, 0.4) is 0 Å². The molecule has 164 valence electrons. The molecule has 1 amide bonds. The summed E-state index contributed by atoms with van der Waals surface area (Å²) in [5.74, 6) is 0.306. The number of fused-ring (bicyclic) bond motifs is 1. The minimum Gasteiger partial charge on any atom is -0.488 e. The van der Waals surface area contributed by atoms with Gasteiger partial charge in [-0.15, -0.1) is 0 Å². The second kappa shape index (κ2) is 8.79. The molecule has 0 spiro atoms. The van der Waals surface area contributed by atoms with Gasteiger partial charge in [0, 0.05) is 7.05 Å². The third-order valence-corrected chi connectivity index (χ3v) is 4.76. The molecule has 0 atom stereocenters. The zero-order valence-corrected chi connectivity index (χ0v) is 18.8. The van der Waals surface area contributed by atoms with Gasteiger partial charge in [0.25, 0.3) is 5.91 Å². The average Bonchev–Trinajstić information content (AvgIpc) is 3.01. The fourth-order valence-electron chi connectivity index (χ4n) is 3.21. The molecule has 0 fully saturated rings. The van der Waals surface area contributed by atoms with E-state index in [4.69, 9.17) is 14.0 Å². The number of esters is 1. The summed E-state index contributed by atoms with van der Waals surface area (Å²) in [6, 6.07) is 11.3. The molecule has 7 heteroatoms. The molecule has 0 saturated heterocycles. The average molecular weight is 424 g/mol. The molecule has 0 aliphatic carbocycles. The van der Waals surface area contributed by atoms with Crippen molar-refractivity contribution in [3.05, 3.63) is 59.0 Å². The maximum atomic E-state index is 13.2. The molecule has 0 radical (unpaired) electrons. The summed E-state index contributed by atoms with van der Waals surface area (Å²) >= 11 is 0. The van der Waals surface area contributed by atoms with Crippen LogP contribution in [0.4, 0.5) is 0 Å². The van der Waals surface area contributed by atoms with E-state index in [9.17, 15) is 9.59 Å². The van der Waals surface area contributed by atoms with Gasteiger partial charge >= 0.3 is 5.97 Å². The molecule has 2 aromatic carbocycles. The summed E-state index contributed by atoms with van der Waals surface area (Å²) in [7, 11) is 1.57. The number of carbonyl (C=O) groups is 2. The Bertz CT molecular complexity index is 1090. The standard InChI is InChI=1S/C24H28N2O5/c1-15-20(16(2)31-25-15)14-29-21-12-18-10-8-7-9-17(18)11-19(21)23(28)26(6)13-22(27)30-24(3,4)5/h7-12H,13-14H2,1-6H3. The minimum absolute atomic E-state index is 0.160. The van der Waals surface area contributed by atoms with E-state index in [1.165, 1.54) is 4.90 Å². The smallest absolute Gasteiger partial charge is 0.326 e. The first-order chi connectivity index (χ1) is 14.5. The van der Waals surface area contributed by atoms with Gasteiger partial charge in [-0.3, -0.25) is 9.59 Å². The Morgan fingerprint density at radius 3 is 2.32 bits per heavy atom. The van der Waals surface area contributed by atoms with Crippen molar-refractivity contribution >= 4 is 22.6 Å². The molecule has 1 aromatic heterocycles. The highest BCUT2D eigenvalue weighted by Gasteiger charge is 2.23. The first kappa shape index (κ1) is 22.3. The maximum Gasteiger partial charge on any atom is 0.326 e. The van der Waals surface area contributed by atoms with Gasteiger partial charge in [-0.1, -0.05) is 29.4 Å². The number of aromatic nitrogens is 1. The van der Waals surface area contributed by atoms with Crippen molar-refractivity contribution in [1.29, 1.82) is 0 Å². The van der Waals surface area contributed by atoms with Gasteiger partial charge < -0.3 is 18.9 Å². The van der Waals surface area contributed by atoms with Gasteiger partial charge in [-0.2, -0.15) is 0 Å². The maximum absolute atomic E-state index is 13.2. The summed E-state index contributed by atoms with van der Waals surface area (Å²) in [5.41, 5.74) is 1.34. The van der Waals surface area contributed by atoms with Gasteiger partial charge in [0.1, 0.15) is 30.3 Å². The number of nitrogens with zero attached hydrogens (tertiary/aromatic N) is 2. The Hall–Kier alpha value is -3.35. The van der Waals surface area contributed by atoms with Crippen LogP contribution in [-0.2, 0) is 16.1 Å². The van der Waals surface area contributed by atoms with Crippen molar-refractivity contribution in [2.75, 3.05) is 13.6 Å². The molecule has 31 heavy (non-hydrogen) atoms. The Morgan fingerprint density at radius 1 is 1.10 bits per heavy atom. The van der Waals surface area contributed by atoms with Crippen LogP contribution in [0.2, 0.25) is 0 Å². The lowest BCUT2D eigenvalue weighted by atomic mass is 10.0. The number of aryl methyl sites for hydroxylation is 2. The molecule has 7 nitrogen and oxygen atoms in total.